The number of phenolic OH excluding ortho intramolecular Hbond substituents is 1. The SMILES string of the molecule is Cc1cccc(N2CC(C(=O)NNC(=O)c3ccccc3O)CC2=O)c1C. The summed E-state index contributed by atoms with van der Waals surface area (Å²) >= 11 is 0. The molecule has 0 bridgehead atoms. The number of carbonyl (C=O) groups excluding carboxylic acids is 3. The Hall–Kier alpha value is -3.35. The summed E-state index contributed by atoms with van der Waals surface area (Å²) in [4.78, 5) is 38.4. The summed E-state index contributed by atoms with van der Waals surface area (Å²) in [5.41, 5.74) is 7.54. The van der Waals surface area contributed by atoms with E-state index in [1.54, 1.807) is 17.0 Å². The molecule has 27 heavy (non-hydrogen) atoms. The molecule has 7 nitrogen and oxygen atoms in total. The molecule has 0 radical (unpaired) electrons. The Morgan fingerprint density at radius 2 is 1.81 bits per heavy atom. The van der Waals surface area contributed by atoms with Crippen LogP contribution in [0.3, 0.4) is 0 Å². The van der Waals surface area contributed by atoms with E-state index in [1.807, 2.05) is 32.0 Å². The zero-order valence-corrected chi connectivity index (χ0v) is 15.2. The Balaban J connectivity index is 1.63. The first-order chi connectivity index (χ1) is 12.9. The van der Waals surface area contributed by atoms with Gasteiger partial charge >= 0.3 is 0 Å². The molecule has 0 saturated carbocycles. The van der Waals surface area contributed by atoms with E-state index in [2.05, 4.69) is 10.9 Å². The van der Waals surface area contributed by atoms with Crippen LogP contribution in [0.5, 0.6) is 5.75 Å². The lowest BCUT2D eigenvalue weighted by atomic mass is 10.1. The summed E-state index contributed by atoms with van der Waals surface area (Å²) in [7, 11) is 0. The topological polar surface area (TPSA) is 98.7 Å². The number of para-hydroxylation sites is 1. The van der Waals surface area contributed by atoms with Gasteiger partial charge in [0, 0.05) is 18.7 Å². The number of hydrogen-bond donors (Lipinski definition) is 3. The monoisotopic (exact) mass is 367 g/mol. The predicted octanol–water partition coefficient (Wildman–Crippen LogP) is 1.82. The van der Waals surface area contributed by atoms with Gasteiger partial charge in [-0.15, -0.1) is 0 Å². The molecule has 1 aliphatic rings. The standard InChI is InChI=1S/C20H21N3O4/c1-12-6-5-8-16(13(12)2)23-11-14(10-18(23)25)19(26)21-22-20(27)15-7-3-4-9-17(15)24/h3-9,14,24H,10-11H2,1-2H3,(H,21,26)(H,22,27). The van der Waals surface area contributed by atoms with Crippen molar-refractivity contribution in [2.24, 2.45) is 5.92 Å². The lowest BCUT2D eigenvalue weighted by Gasteiger charge is -2.20. The molecule has 1 fully saturated rings. The molecule has 7 heteroatoms. The number of anilines is 1. The van der Waals surface area contributed by atoms with Gasteiger partial charge < -0.3 is 10.0 Å². The van der Waals surface area contributed by atoms with Crippen LogP contribution >= 0.6 is 0 Å². The zero-order valence-electron chi connectivity index (χ0n) is 15.2. The van der Waals surface area contributed by atoms with Crippen LogP contribution in [0.2, 0.25) is 0 Å². The second-order valence-electron chi connectivity index (χ2n) is 6.58. The highest BCUT2D eigenvalue weighted by atomic mass is 16.3. The first-order valence-corrected chi connectivity index (χ1v) is 8.63. The van der Waals surface area contributed by atoms with Crippen LogP contribution in [0.4, 0.5) is 5.69 Å². The first kappa shape index (κ1) is 18.4. The first-order valence-electron chi connectivity index (χ1n) is 8.63. The van der Waals surface area contributed by atoms with Crippen LogP contribution < -0.4 is 15.8 Å². The molecule has 1 heterocycles. The van der Waals surface area contributed by atoms with E-state index < -0.39 is 17.7 Å². The summed E-state index contributed by atoms with van der Waals surface area (Å²) in [6.45, 7) is 4.16. The fraction of sp³-hybridized carbons (Fsp3) is 0.250. The van der Waals surface area contributed by atoms with Crippen LogP contribution in [0.15, 0.2) is 42.5 Å². The molecule has 140 valence electrons. The van der Waals surface area contributed by atoms with E-state index in [4.69, 9.17) is 0 Å². The Bertz CT molecular complexity index is 910. The lowest BCUT2D eigenvalue weighted by molar-refractivity contribution is -0.126. The van der Waals surface area contributed by atoms with Crippen LogP contribution in [-0.4, -0.2) is 29.4 Å². The summed E-state index contributed by atoms with van der Waals surface area (Å²) in [6, 6.07) is 11.7. The van der Waals surface area contributed by atoms with E-state index in [0.717, 1.165) is 16.8 Å². The number of phenols is 1. The highest BCUT2D eigenvalue weighted by Crippen LogP contribution is 2.29. The molecule has 1 unspecified atom stereocenters. The van der Waals surface area contributed by atoms with Crippen molar-refractivity contribution < 1.29 is 19.5 Å². The number of benzene rings is 2. The summed E-state index contributed by atoms with van der Waals surface area (Å²) in [5.74, 6) is -1.95. The number of hydrogen-bond acceptors (Lipinski definition) is 4. The quantitative estimate of drug-likeness (QED) is 0.721. The minimum absolute atomic E-state index is 0.0531. The summed E-state index contributed by atoms with van der Waals surface area (Å²) in [5, 5.41) is 9.68. The van der Waals surface area contributed by atoms with Crippen LogP contribution in [-0.2, 0) is 9.59 Å². The minimum Gasteiger partial charge on any atom is -0.507 e. The van der Waals surface area contributed by atoms with Crippen molar-refractivity contribution in [3.63, 3.8) is 0 Å². The zero-order chi connectivity index (χ0) is 19.6. The number of aromatic hydroxyl groups is 1. The van der Waals surface area contributed by atoms with Gasteiger partial charge in [0.05, 0.1) is 11.5 Å². The fourth-order valence-corrected chi connectivity index (χ4v) is 3.10. The molecular formula is C20H21N3O4. The molecule has 1 saturated heterocycles. The molecule has 0 aliphatic carbocycles. The third-order valence-corrected chi connectivity index (χ3v) is 4.81. The third-order valence-electron chi connectivity index (χ3n) is 4.81. The van der Waals surface area contributed by atoms with Gasteiger partial charge in [-0.1, -0.05) is 24.3 Å². The van der Waals surface area contributed by atoms with Crippen molar-refractivity contribution in [3.8, 4) is 5.75 Å². The van der Waals surface area contributed by atoms with Crippen molar-refractivity contribution in [2.75, 3.05) is 11.4 Å². The van der Waals surface area contributed by atoms with Crippen molar-refractivity contribution >= 4 is 23.4 Å². The van der Waals surface area contributed by atoms with Crippen LogP contribution in [0.25, 0.3) is 0 Å². The molecule has 2 aromatic rings. The summed E-state index contributed by atoms with van der Waals surface area (Å²) < 4.78 is 0. The van der Waals surface area contributed by atoms with Gasteiger partial charge in [-0.05, 0) is 43.2 Å². The predicted molar refractivity (Wildman–Crippen MR) is 100 cm³/mol. The second kappa shape index (κ2) is 7.49. The van der Waals surface area contributed by atoms with Crippen molar-refractivity contribution in [1.29, 1.82) is 0 Å². The lowest BCUT2D eigenvalue weighted by Crippen LogP contribution is -2.45. The number of rotatable bonds is 3. The molecule has 2 aromatic carbocycles. The maximum atomic E-state index is 12.4. The Labute approximate surface area is 157 Å². The Kier molecular flexibility index (Phi) is 5.12. The van der Waals surface area contributed by atoms with Gasteiger partial charge in [0.1, 0.15) is 5.75 Å². The van der Waals surface area contributed by atoms with E-state index in [1.165, 1.54) is 12.1 Å². The van der Waals surface area contributed by atoms with Crippen LogP contribution in [0, 0.1) is 19.8 Å². The molecule has 0 spiro atoms. The van der Waals surface area contributed by atoms with Crippen molar-refractivity contribution in [2.45, 2.75) is 20.3 Å². The molecule has 1 aliphatic heterocycles. The number of aryl methyl sites for hydroxylation is 1. The number of carbonyl (C=O) groups is 3. The highest BCUT2D eigenvalue weighted by molar-refractivity contribution is 6.02. The molecule has 3 amide bonds. The normalized spacial score (nSPS) is 16.3. The van der Waals surface area contributed by atoms with Gasteiger partial charge in [0.2, 0.25) is 11.8 Å². The van der Waals surface area contributed by atoms with E-state index in [-0.39, 0.29) is 30.2 Å². The molecule has 0 aromatic heterocycles. The van der Waals surface area contributed by atoms with Crippen molar-refractivity contribution in [1.82, 2.24) is 10.9 Å². The van der Waals surface area contributed by atoms with Crippen molar-refractivity contribution in [3.05, 3.63) is 59.2 Å². The van der Waals surface area contributed by atoms with Gasteiger partial charge in [0.15, 0.2) is 0 Å². The second-order valence-corrected chi connectivity index (χ2v) is 6.58. The maximum Gasteiger partial charge on any atom is 0.273 e. The molecule has 3 rings (SSSR count). The van der Waals surface area contributed by atoms with E-state index in [0.29, 0.717) is 0 Å². The average molecular weight is 367 g/mol. The fourth-order valence-electron chi connectivity index (χ4n) is 3.10. The third kappa shape index (κ3) is 3.76. The minimum atomic E-state index is -0.628. The largest absolute Gasteiger partial charge is 0.507 e. The van der Waals surface area contributed by atoms with Gasteiger partial charge in [-0.25, -0.2) is 0 Å². The van der Waals surface area contributed by atoms with Crippen LogP contribution in [0.1, 0.15) is 27.9 Å². The number of nitrogens with one attached hydrogen (secondary N) is 2. The maximum absolute atomic E-state index is 12.4. The Morgan fingerprint density at radius 3 is 2.56 bits per heavy atom. The summed E-state index contributed by atoms with van der Waals surface area (Å²) in [6.07, 6.45) is 0.0751. The molecule has 3 N–H and O–H groups in total. The average Bonchev–Trinajstić information content (AvgIpc) is 3.04. The Morgan fingerprint density at radius 1 is 1.07 bits per heavy atom. The van der Waals surface area contributed by atoms with Gasteiger partial charge in [-0.3, -0.25) is 25.2 Å². The van der Waals surface area contributed by atoms with Gasteiger partial charge in [0.25, 0.3) is 5.91 Å². The number of amides is 3. The molecular weight excluding hydrogens is 346 g/mol. The number of hydrazine groups is 1. The molecule has 1 atom stereocenters. The van der Waals surface area contributed by atoms with E-state index in [9.17, 15) is 19.5 Å². The highest BCUT2D eigenvalue weighted by Gasteiger charge is 2.36. The number of nitrogens with zero attached hydrogens (tertiary/aromatic N) is 1. The van der Waals surface area contributed by atoms with Gasteiger partial charge in [-0.2, -0.15) is 0 Å². The smallest absolute Gasteiger partial charge is 0.273 e. The van der Waals surface area contributed by atoms with E-state index >= 15 is 0 Å².